The number of halogens is 1. The molecular formula is C15H23ClO2. The van der Waals surface area contributed by atoms with E-state index in [4.69, 9.17) is 16.7 Å². The zero-order valence-corrected chi connectivity index (χ0v) is 11.6. The first-order valence-electron chi connectivity index (χ1n) is 7.20. The molecule has 0 heterocycles. The van der Waals surface area contributed by atoms with Crippen molar-refractivity contribution in [3.63, 3.8) is 0 Å². The van der Waals surface area contributed by atoms with Crippen molar-refractivity contribution in [2.75, 3.05) is 0 Å². The monoisotopic (exact) mass is 270 g/mol. The highest BCUT2D eigenvalue weighted by atomic mass is 35.5. The maximum absolute atomic E-state index is 10.9. The van der Waals surface area contributed by atoms with E-state index in [0.717, 1.165) is 37.5 Å². The van der Waals surface area contributed by atoms with Crippen LogP contribution in [0.4, 0.5) is 0 Å². The third-order valence-corrected chi connectivity index (χ3v) is 5.09. The molecule has 0 aliphatic heterocycles. The molecule has 2 aliphatic rings. The number of aliphatic carboxylic acids is 1. The number of carboxylic acids is 1. The standard InChI is InChI=1S/C15H23ClO2/c16-10-9-11-1-3-12(4-2-11)13-5-7-14(8-6-13)15(17)18/h9-14H,1-8H2,(H,17,18)/b10-9+. The Hall–Kier alpha value is -0.500. The molecular weight excluding hydrogens is 248 g/mol. The summed E-state index contributed by atoms with van der Waals surface area (Å²) in [5, 5.41) is 9.01. The minimum Gasteiger partial charge on any atom is -0.481 e. The predicted octanol–water partition coefficient (Wildman–Crippen LogP) is 4.44. The summed E-state index contributed by atoms with van der Waals surface area (Å²) in [5.74, 6) is 1.62. The van der Waals surface area contributed by atoms with Crippen molar-refractivity contribution in [2.45, 2.75) is 51.4 Å². The summed E-state index contributed by atoms with van der Waals surface area (Å²) < 4.78 is 0. The second kappa shape index (κ2) is 6.60. The lowest BCUT2D eigenvalue weighted by atomic mass is 9.69. The van der Waals surface area contributed by atoms with Gasteiger partial charge in [0, 0.05) is 5.54 Å². The van der Waals surface area contributed by atoms with Crippen molar-refractivity contribution >= 4 is 17.6 Å². The van der Waals surface area contributed by atoms with Crippen LogP contribution in [0, 0.1) is 23.7 Å². The van der Waals surface area contributed by atoms with E-state index in [1.807, 2.05) is 0 Å². The molecule has 1 N–H and O–H groups in total. The Bertz CT molecular complexity index is 298. The first-order chi connectivity index (χ1) is 8.70. The number of carboxylic acid groups (broad SMARTS) is 1. The van der Waals surface area contributed by atoms with Crippen LogP contribution in [0.15, 0.2) is 11.6 Å². The summed E-state index contributed by atoms with van der Waals surface area (Å²) in [6.07, 6.45) is 11.3. The number of rotatable bonds is 3. The summed E-state index contributed by atoms with van der Waals surface area (Å²) in [6.45, 7) is 0. The van der Waals surface area contributed by atoms with Crippen LogP contribution in [0.3, 0.4) is 0 Å². The van der Waals surface area contributed by atoms with Crippen molar-refractivity contribution in [2.24, 2.45) is 23.7 Å². The van der Waals surface area contributed by atoms with Gasteiger partial charge in [-0.05, 0) is 69.1 Å². The van der Waals surface area contributed by atoms with Crippen LogP contribution in [0.25, 0.3) is 0 Å². The van der Waals surface area contributed by atoms with E-state index in [-0.39, 0.29) is 5.92 Å². The topological polar surface area (TPSA) is 37.3 Å². The van der Waals surface area contributed by atoms with Gasteiger partial charge in [0.05, 0.1) is 5.92 Å². The SMILES string of the molecule is O=C(O)C1CCC(C2CCC(/C=C/Cl)CC2)CC1. The fourth-order valence-electron chi connectivity index (χ4n) is 3.75. The third-order valence-electron chi connectivity index (χ3n) is 4.95. The van der Waals surface area contributed by atoms with Gasteiger partial charge in [0.1, 0.15) is 0 Å². The highest BCUT2D eigenvalue weighted by Gasteiger charge is 2.32. The van der Waals surface area contributed by atoms with Gasteiger partial charge in [-0.2, -0.15) is 0 Å². The Morgan fingerprint density at radius 3 is 1.89 bits per heavy atom. The van der Waals surface area contributed by atoms with Gasteiger partial charge in [0.2, 0.25) is 0 Å². The first-order valence-corrected chi connectivity index (χ1v) is 7.64. The zero-order chi connectivity index (χ0) is 13.0. The summed E-state index contributed by atoms with van der Waals surface area (Å²) in [5.41, 5.74) is 1.66. The minimum atomic E-state index is -0.593. The summed E-state index contributed by atoms with van der Waals surface area (Å²) in [7, 11) is 0. The van der Waals surface area contributed by atoms with E-state index in [9.17, 15) is 4.79 Å². The lowest BCUT2D eigenvalue weighted by molar-refractivity contribution is -0.143. The van der Waals surface area contributed by atoms with Crippen molar-refractivity contribution in [3.05, 3.63) is 11.6 Å². The van der Waals surface area contributed by atoms with Crippen LogP contribution in [-0.2, 0) is 4.79 Å². The van der Waals surface area contributed by atoms with Gasteiger partial charge in [-0.3, -0.25) is 4.79 Å². The first kappa shape index (κ1) is 13.9. The summed E-state index contributed by atoms with van der Waals surface area (Å²) in [6, 6.07) is 0. The average Bonchev–Trinajstić information content (AvgIpc) is 2.40. The smallest absolute Gasteiger partial charge is 0.306 e. The van der Waals surface area contributed by atoms with Crippen molar-refractivity contribution in [1.29, 1.82) is 0 Å². The fraction of sp³-hybridized carbons (Fsp3) is 0.800. The second-order valence-electron chi connectivity index (χ2n) is 5.94. The number of hydrogen-bond acceptors (Lipinski definition) is 1. The van der Waals surface area contributed by atoms with Crippen LogP contribution in [0.5, 0.6) is 0 Å². The van der Waals surface area contributed by atoms with Crippen LogP contribution >= 0.6 is 11.6 Å². The van der Waals surface area contributed by atoms with Crippen molar-refractivity contribution in [1.82, 2.24) is 0 Å². The largest absolute Gasteiger partial charge is 0.481 e. The minimum absolute atomic E-state index is 0.0724. The Morgan fingerprint density at radius 2 is 1.44 bits per heavy atom. The molecule has 0 bridgehead atoms. The molecule has 0 unspecified atom stereocenters. The van der Waals surface area contributed by atoms with Gasteiger partial charge in [-0.1, -0.05) is 17.7 Å². The molecule has 0 amide bonds. The number of carbonyl (C=O) groups is 1. The molecule has 0 aromatic rings. The Morgan fingerprint density at radius 1 is 0.944 bits per heavy atom. The summed E-state index contributed by atoms with van der Waals surface area (Å²) in [4.78, 5) is 10.9. The third kappa shape index (κ3) is 3.50. The van der Waals surface area contributed by atoms with Crippen molar-refractivity contribution in [3.8, 4) is 0 Å². The Balaban J connectivity index is 1.76. The van der Waals surface area contributed by atoms with Gasteiger partial charge >= 0.3 is 5.97 Å². The highest BCUT2D eigenvalue weighted by Crippen LogP contribution is 2.41. The van der Waals surface area contributed by atoms with Gasteiger partial charge in [0.15, 0.2) is 0 Å². The molecule has 2 fully saturated rings. The van der Waals surface area contributed by atoms with Crippen LogP contribution in [0.2, 0.25) is 0 Å². The maximum Gasteiger partial charge on any atom is 0.306 e. The Kier molecular flexibility index (Phi) is 5.11. The number of hydrogen-bond donors (Lipinski definition) is 1. The quantitative estimate of drug-likeness (QED) is 0.823. The maximum atomic E-state index is 10.9. The van der Waals surface area contributed by atoms with Crippen LogP contribution in [0.1, 0.15) is 51.4 Å². The van der Waals surface area contributed by atoms with Gasteiger partial charge in [-0.25, -0.2) is 0 Å². The van der Waals surface area contributed by atoms with E-state index in [2.05, 4.69) is 6.08 Å². The molecule has 2 nitrogen and oxygen atoms in total. The molecule has 0 radical (unpaired) electrons. The van der Waals surface area contributed by atoms with E-state index >= 15 is 0 Å². The van der Waals surface area contributed by atoms with E-state index < -0.39 is 5.97 Å². The fourth-order valence-corrected chi connectivity index (χ4v) is 3.95. The van der Waals surface area contributed by atoms with E-state index in [1.54, 1.807) is 5.54 Å². The molecule has 3 heteroatoms. The van der Waals surface area contributed by atoms with Gasteiger partial charge < -0.3 is 5.11 Å². The van der Waals surface area contributed by atoms with Gasteiger partial charge in [0.25, 0.3) is 0 Å². The molecule has 2 aliphatic carbocycles. The predicted molar refractivity (Wildman–Crippen MR) is 73.5 cm³/mol. The average molecular weight is 271 g/mol. The molecule has 0 saturated heterocycles. The molecule has 0 aromatic heterocycles. The second-order valence-corrected chi connectivity index (χ2v) is 6.20. The lowest BCUT2D eigenvalue weighted by Gasteiger charge is -2.36. The zero-order valence-electron chi connectivity index (χ0n) is 10.9. The molecule has 2 saturated carbocycles. The van der Waals surface area contributed by atoms with E-state index in [1.165, 1.54) is 25.7 Å². The summed E-state index contributed by atoms with van der Waals surface area (Å²) >= 11 is 5.63. The normalized spacial score (nSPS) is 37.8. The van der Waals surface area contributed by atoms with Crippen molar-refractivity contribution < 1.29 is 9.90 Å². The highest BCUT2D eigenvalue weighted by molar-refractivity contribution is 6.25. The van der Waals surface area contributed by atoms with Crippen LogP contribution < -0.4 is 0 Å². The molecule has 102 valence electrons. The van der Waals surface area contributed by atoms with Gasteiger partial charge in [-0.15, -0.1) is 0 Å². The van der Waals surface area contributed by atoms with E-state index in [0.29, 0.717) is 5.92 Å². The number of allylic oxidation sites excluding steroid dienone is 1. The molecule has 0 aromatic carbocycles. The molecule has 0 spiro atoms. The Labute approximate surface area is 114 Å². The molecule has 18 heavy (non-hydrogen) atoms. The molecule has 2 rings (SSSR count). The van der Waals surface area contributed by atoms with Crippen LogP contribution in [-0.4, -0.2) is 11.1 Å². The molecule has 0 atom stereocenters. The lowest BCUT2D eigenvalue weighted by Crippen LogP contribution is -2.27.